The Morgan fingerprint density at radius 2 is 1.88 bits per heavy atom. The van der Waals surface area contributed by atoms with Crippen LogP contribution in [0.2, 0.25) is 0 Å². The summed E-state index contributed by atoms with van der Waals surface area (Å²) >= 11 is 0. The molecule has 0 atom stereocenters. The van der Waals surface area contributed by atoms with E-state index in [1.54, 1.807) is 0 Å². The molecule has 0 radical (unpaired) electrons. The zero-order chi connectivity index (χ0) is 11.2. The van der Waals surface area contributed by atoms with Crippen molar-refractivity contribution in [2.45, 2.75) is 19.3 Å². The van der Waals surface area contributed by atoms with Crippen molar-refractivity contribution in [3.63, 3.8) is 0 Å². The molecule has 0 unspecified atom stereocenters. The van der Waals surface area contributed by atoms with Crippen LogP contribution in [0, 0.1) is 5.92 Å². The molecule has 0 saturated carbocycles. The predicted molar refractivity (Wildman–Crippen MR) is 72.5 cm³/mol. The van der Waals surface area contributed by atoms with Crippen LogP contribution in [-0.4, -0.2) is 19.0 Å². The molecule has 1 aromatic rings. The third-order valence-corrected chi connectivity index (χ3v) is 2.99. The number of hydrogen-bond donors (Lipinski definition) is 2. The Morgan fingerprint density at radius 3 is 2.53 bits per heavy atom. The first-order valence-electron chi connectivity index (χ1n) is 5.90. The van der Waals surface area contributed by atoms with Gasteiger partial charge in [0.2, 0.25) is 5.91 Å². The fourth-order valence-electron chi connectivity index (χ4n) is 2.08. The standard InChI is InChI=1S/C13H18N2O.ClH/c16-13(10-11-6-8-14-9-7-11)15-12-4-2-1-3-5-12;/h1-5,11,14H,6-10H2,(H,15,16);1H. The first kappa shape index (κ1) is 14.0. The summed E-state index contributed by atoms with van der Waals surface area (Å²) < 4.78 is 0. The van der Waals surface area contributed by atoms with Gasteiger partial charge in [-0.05, 0) is 44.0 Å². The van der Waals surface area contributed by atoms with Crippen LogP contribution < -0.4 is 10.6 Å². The van der Waals surface area contributed by atoms with Crippen molar-refractivity contribution in [1.82, 2.24) is 5.32 Å². The monoisotopic (exact) mass is 254 g/mol. The van der Waals surface area contributed by atoms with Gasteiger partial charge in [-0.15, -0.1) is 12.4 Å². The minimum Gasteiger partial charge on any atom is -0.326 e. The molecule has 4 heteroatoms. The molecule has 1 amide bonds. The number of carbonyl (C=O) groups is 1. The molecule has 1 aliphatic rings. The fourth-order valence-corrected chi connectivity index (χ4v) is 2.08. The first-order chi connectivity index (χ1) is 7.84. The maximum absolute atomic E-state index is 11.7. The Labute approximate surface area is 108 Å². The molecule has 1 fully saturated rings. The molecular formula is C13H19ClN2O. The number of benzene rings is 1. The normalized spacial score (nSPS) is 16.0. The highest BCUT2D eigenvalue weighted by atomic mass is 35.5. The SMILES string of the molecule is Cl.O=C(CC1CCNCC1)Nc1ccccc1. The summed E-state index contributed by atoms with van der Waals surface area (Å²) in [7, 11) is 0. The van der Waals surface area contributed by atoms with E-state index in [1.807, 2.05) is 30.3 Å². The number of hydrogen-bond acceptors (Lipinski definition) is 2. The Balaban J connectivity index is 0.00000144. The van der Waals surface area contributed by atoms with E-state index in [4.69, 9.17) is 0 Å². The van der Waals surface area contributed by atoms with Crippen molar-refractivity contribution in [2.24, 2.45) is 5.92 Å². The van der Waals surface area contributed by atoms with Crippen molar-refractivity contribution < 1.29 is 4.79 Å². The van der Waals surface area contributed by atoms with Gasteiger partial charge in [0.05, 0.1) is 0 Å². The minimum absolute atomic E-state index is 0. The lowest BCUT2D eigenvalue weighted by Gasteiger charge is -2.21. The van der Waals surface area contributed by atoms with E-state index in [-0.39, 0.29) is 18.3 Å². The second-order valence-corrected chi connectivity index (χ2v) is 4.31. The summed E-state index contributed by atoms with van der Waals surface area (Å²) in [6.45, 7) is 2.09. The number of anilines is 1. The van der Waals surface area contributed by atoms with Gasteiger partial charge < -0.3 is 10.6 Å². The molecule has 1 aliphatic heterocycles. The van der Waals surface area contributed by atoms with Gasteiger partial charge in [0.25, 0.3) is 0 Å². The fraction of sp³-hybridized carbons (Fsp3) is 0.462. The summed E-state index contributed by atoms with van der Waals surface area (Å²) in [5, 5.41) is 6.24. The van der Waals surface area contributed by atoms with Gasteiger partial charge >= 0.3 is 0 Å². The van der Waals surface area contributed by atoms with Gasteiger partial charge in [0.1, 0.15) is 0 Å². The Kier molecular flexibility index (Phi) is 6.01. The van der Waals surface area contributed by atoms with Crippen LogP contribution in [0.4, 0.5) is 5.69 Å². The lowest BCUT2D eigenvalue weighted by Crippen LogP contribution is -2.30. The smallest absolute Gasteiger partial charge is 0.224 e. The van der Waals surface area contributed by atoms with E-state index in [2.05, 4.69) is 10.6 Å². The zero-order valence-electron chi connectivity index (χ0n) is 9.82. The molecule has 0 spiro atoms. The van der Waals surface area contributed by atoms with Gasteiger partial charge in [0.15, 0.2) is 0 Å². The van der Waals surface area contributed by atoms with Gasteiger partial charge in [0, 0.05) is 12.1 Å². The van der Waals surface area contributed by atoms with E-state index >= 15 is 0 Å². The largest absolute Gasteiger partial charge is 0.326 e. The van der Waals surface area contributed by atoms with Crippen LogP contribution in [0.25, 0.3) is 0 Å². The lowest BCUT2D eigenvalue weighted by atomic mass is 9.94. The minimum atomic E-state index is 0. The highest BCUT2D eigenvalue weighted by Gasteiger charge is 2.16. The number of carbonyl (C=O) groups excluding carboxylic acids is 1. The molecule has 0 aliphatic carbocycles. The summed E-state index contributed by atoms with van der Waals surface area (Å²) in [4.78, 5) is 11.7. The topological polar surface area (TPSA) is 41.1 Å². The van der Waals surface area contributed by atoms with E-state index < -0.39 is 0 Å². The predicted octanol–water partition coefficient (Wildman–Crippen LogP) is 2.44. The maximum Gasteiger partial charge on any atom is 0.224 e. The third-order valence-electron chi connectivity index (χ3n) is 2.99. The second kappa shape index (κ2) is 7.30. The number of rotatable bonds is 3. The molecule has 1 saturated heterocycles. The molecule has 94 valence electrons. The van der Waals surface area contributed by atoms with Gasteiger partial charge in [-0.25, -0.2) is 0 Å². The molecular weight excluding hydrogens is 236 g/mol. The molecule has 0 aromatic heterocycles. The zero-order valence-corrected chi connectivity index (χ0v) is 10.6. The average Bonchev–Trinajstić information content (AvgIpc) is 2.31. The van der Waals surface area contributed by atoms with E-state index in [1.165, 1.54) is 0 Å². The summed E-state index contributed by atoms with van der Waals surface area (Å²) in [6.07, 6.45) is 2.88. The highest BCUT2D eigenvalue weighted by Crippen LogP contribution is 2.16. The van der Waals surface area contributed by atoms with Gasteiger partial charge in [-0.3, -0.25) is 4.79 Å². The molecule has 17 heavy (non-hydrogen) atoms. The van der Waals surface area contributed by atoms with Crippen LogP contribution in [0.5, 0.6) is 0 Å². The Bertz CT molecular complexity index is 337. The molecule has 1 heterocycles. The third kappa shape index (κ3) is 4.75. The van der Waals surface area contributed by atoms with Crippen molar-refractivity contribution in [1.29, 1.82) is 0 Å². The lowest BCUT2D eigenvalue weighted by molar-refractivity contribution is -0.117. The molecule has 3 nitrogen and oxygen atoms in total. The van der Waals surface area contributed by atoms with E-state index in [0.29, 0.717) is 12.3 Å². The average molecular weight is 255 g/mol. The van der Waals surface area contributed by atoms with Crippen LogP contribution in [-0.2, 0) is 4.79 Å². The Morgan fingerprint density at radius 1 is 1.24 bits per heavy atom. The van der Waals surface area contributed by atoms with Gasteiger partial charge in [-0.1, -0.05) is 18.2 Å². The molecule has 2 N–H and O–H groups in total. The molecule has 0 bridgehead atoms. The quantitative estimate of drug-likeness (QED) is 0.870. The van der Waals surface area contributed by atoms with E-state index in [0.717, 1.165) is 31.6 Å². The second-order valence-electron chi connectivity index (χ2n) is 4.31. The van der Waals surface area contributed by atoms with Crippen LogP contribution >= 0.6 is 12.4 Å². The number of nitrogens with one attached hydrogen (secondary N) is 2. The molecule has 1 aromatic carbocycles. The molecule has 2 rings (SSSR count). The number of halogens is 1. The van der Waals surface area contributed by atoms with Crippen molar-refractivity contribution in [2.75, 3.05) is 18.4 Å². The van der Waals surface area contributed by atoms with Crippen molar-refractivity contribution >= 4 is 24.0 Å². The van der Waals surface area contributed by atoms with E-state index in [9.17, 15) is 4.79 Å². The van der Waals surface area contributed by atoms with Crippen molar-refractivity contribution in [3.05, 3.63) is 30.3 Å². The number of piperidine rings is 1. The number of para-hydroxylation sites is 1. The summed E-state index contributed by atoms with van der Waals surface area (Å²) in [5.41, 5.74) is 0.890. The number of amides is 1. The first-order valence-corrected chi connectivity index (χ1v) is 5.90. The summed E-state index contributed by atoms with van der Waals surface area (Å²) in [5.74, 6) is 0.683. The van der Waals surface area contributed by atoms with Gasteiger partial charge in [-0.2, -0.15) is 0 Å². The highest BCUT2D eigenvalue weighted by molar-refractivity contribution is 5.90. The summed E-state index contributed by atoms with van der Waals surface area (Å²) in [6, 6.07) is 9.64. The van der Waals surface area contributed by atoms with Crippen LogP contribution in [0.3, 0.4) is 0 Å². The van der Waals surface area contributed by atoms with Crippen LogP contribution in [0.1, 0.15) is 19.3 Å². The van der Waals surface area contributed by atoms with Crippen LogP contribution in [0.15, 0.2) is 30.3 Å². The van der Waals surface area contributed by atoms with Crippen molar-refractivity contribution in [3.8, 4) is 0 Å². The maximum atomic E-state index is 11.7. The Hall–Kier alpha value is -1.06.